The zero-order valence-corrected chi connectivity index (χ0v) is 18.2. The van der Waals surface area contributed by atoms with Gasteiger partial charge in [-0.1, -0.05) is 0 Å². The van der Waals surface area contributed by atoms with Crippen molar-refractivity contribution in [1.82, 2.24) is 29.4 Å². The number of hydrogen-bond acceptors (Lipinski definition) is 7. The number of hydrogen-bond donors (Lipinski definition) is 5. The maximum Gasteiger partial charge on any atom is 0.275 e. The second kappa shape index (κ2) is 9.25. The van der Waals surface area contributed by atoms with E-state index in [0.717, 1.165) is 0 Å². The third-order valence-electron chi connectivity index (χ3n) is 4.62. The van der Waals surface area contributed by atoms with Gasteiger partial charge in [0.2, 0.25) is 5.91 Å². The third-order valence-corrected chi connectivity index (χ3v) is 4.62. The fraction of sp³-hybridized carbons (Fsp3) is 0.263. The minimum absolute atomic E-state index is 0.00398. The molecule has 174 valence electrons. The predicted octanol–water partition coefficient (Wildman–Crippen LogP) is -0.816. The fourth-order valence-electron chi connectivity index (χ4n) is 3.05. The van der Waals surface area contributed by atoms with E-state index in [0.29, 0.717) is 11.4 Å². The van der Waals surface area contributed by atoms with E-state index in [9.17, 15) is 19.2 Å². The highest BCUT2D eigenvalue weighted by molar-refractivity contribution is 6.06. The molecule has 0 saturated carbocycles. The van der Waals surface area contributed by atoms with Crippen LogP contribution in [0, 0.1) is 0 Å². The van der Waals surface area contributed by atoms with Crippen molar-refractivity contribution in [2.45, 2.75) is 6.42 Å². The second-order valence-corrected chi connectivity index (χ2v) is 7.23. The highest BCUT2D eigenvalue weighted by atomic mass is 16.2. The molecule has 0 unspecified atom stereocenters. The number of primary amides is 1. The van der Waals surface area contributed by atoms with Gasteiger partial charge < -0.3 is 32.0 Å². The van der Waals surface area contributed by atoms with Gasteiger partial charge in [-0.2, -0.15) is 10.2 Å². The largest absolute Gasteiger partial charge is 0.397 e. The lowest BCUT2D eigenvalue weighted by Gasteiger charge is -2.02. The lowest BCUT2D eigenvalue weighted by atomic mass is 10.3. The van der Waals surface area contributed by atoms with Crippen LogP contribution in [-0.2, 0) is 25.9 Å². The van der Waals surface area contributed by atoms with Gasteiger partial charge >= 0.3 is 0 Å². The Balaban J connectivity index is 1.67. The summed E-state index contributed by atoms with van der Waals surface area (Å²) in [5.41, 5.74) is 11.8. The first kappa shape index (κ1) is 23.1. The van der Waals surface area contributed by atoms with Crippen LogP contribution in [-0.4, -0.2) is 54.3 Å². The summed E-state index contributed by atoms with van der Waals surface area (Å²) >= 11 is 0. The van der Waals surface area contributed by atoms with Crippen LogP contribution >= 0.6 is 0 Å². The number of aryl methyl sites for hydroxylation is 3. The Labute approximate surface area is 187 Å². The van der Waals surface area contributed by atoms with Gasteiger partial charge in [0, 0.05) is 52.4 Å². The van der Waals surface area contributed by atoms with Crippen LogP contribution in [0.3, 0.4) is 0 Å². The molecule has 3 aromatic heterocycles. The number of nitrogens with one attached hydrogen (secondary N) is 3. The van der Waals surface area contributed by atoms with E-state index >= 15 is 0 Å². The standard InChI is InChI=1S/C19H24N10O4/c1-27-9-10(20)6-11(27)18(32)23-16-8-13(29(3)26-16)19(33)24-15-7-12(28(2)25-15)17(31)22-5-4-14(21)30/h6-9H,4-5,20H2,1-3H3,(H2,21,30)(H,22,31)(H,23,26,32)(H,24,25,33). The molecule has 4 amide bonds. The molecule has 0 bridgehead atoms. The number of aromatic nitrogens is 5. The summed E-state index contributed by atoms with van der Waals surface area (Å²) in [6.07, 6.45) is 1.61. The van der Waals surface area contributed by atoms with Gasteiger partial charge in [0.1, 0.15) is 17.1 Å². The Morgan fingerprint density at radius 1 is 0.848 bits per heavy atom. The van der Waals surface area contributed by atoms with Crippen molar-refractivity contribution in [3.8, 4) is 0 Å². The quantitative estimate of drug-likeness (QED) is 0.292. The van der Waals surface area contributed by atoms with Gasteiger partial charge in [-0.25, -0.2) is 0 Å². The first-order chi connectivity index (χ1) is 15.5. The summed E-state index contributed by atoms with van der Waals surface area (Å²) in [6, 6.07) is 4.31. The van der Waals surface area contributed by atoms with Crippen LogP contribution in [0.2, 0.25) is 0 Å². The molecule has 3 heterocycles. The number of amides is 4. The summed E-state index contributed by atoms with van der Waals surface area (Å²) < 4.78 is 4.16. The molecular formula is C19H24N10O4. The van der Waals surface area contributed by atoms with Crippen molar-refractivity contribution in [2.75, 3.05) is 22.9 Å². The van der Waals surface area contributed by atoms with Crippen molar-refractivity contribution >= 4 is 41.0 Å². The fourth-order valence-corrected chi connectivity index (χ4v) is 3.05. The predicted molar refractivity (Wildman–Crippen MR) is 118 cm³/mol. The van der Waals surface area contributed by atoms with Crippen molar-refractivity contribution in [1.29, 1.82) is 0 Å². The summed E-state index contributed by atoms with van der Waals surface area (Å²) in [5, 5.41) is 16.0. The van der Waals surface area contributed by atoms with E-state index in [2.05, 4.69) is 26.1 Å². The van der Waals surface area contributed by atoms with E-state index in [1.807, 2.05) is 0 Å². The smallest absolute Gasteiger partial charge is 0.275 e. The Kier molecular flexibility index (Phi) is 6.46. The van der Waals surface area contributed by atoms with Crippen molar-refractivity contribution in [3.63, 3.8) is 0 Å². The zero-order valence-electron chi connectivity index (χ0n) is 18.2. The van der Waals surface area contributed by atoms with Gasteiger partial charge in [-0.05, 0) is 6.07 Å². The highest BCUT2D eigenvalue weighted by Crippen LogP contribution is 2.15. The SMILES string of the molecule is Cn1cc(N)cc1C(=O)Nc1cc(C(=O)Nc2cc(C(=O)NCCC(N)=O)n(C)n2)n(C)n1. The van der Waals surface area contributed by atoms with Crippen LogP contribution in [0.4, 0.5) is 17.3 Å². The summed E-state index contributed by atoms with van der Waals surface area (Å²) in [5.74, 6) is -1.69. The molecule has 0 fully saturated rings. The molecule has 14 heteroatoms. The highest BCUT2D eigenvalue weighted by Gasteiger charge is 2.19. The number of nitrogen functional groups attached to an aromatic ring is 1. The maximum absolute atomic E-state index is 12.7. The number of nitrogens with zero attached hydrogens (tertiary/aromatic N) is 5. The molecular weight excluding hydrogens is 432 g/mol. The average molecular weight is 456 g/mol. The molecule has 7 N–H and O–H groups in total. The Morgan fingerprint density at radius 3 is 1.85 bits per heavy atom. The molecule has 3 aromatic rings. The lowest BCUT2D eigenvalue weighted by Crippen LogP contribution is -2.29. The van der Waals surface area contributed by atoms with E-state index in [4.69, 9.17) is 11.5 Å². The molecule has 14 nitrogen and oxygen atoms in total. The Hall–Kier alpha value is -4.62. The summed E-state index contributed by atoms with van der Waals surface area (Å²) in [7, 11) is 4.76. The molecule has 0 radical (unpaired) electrons. The Morgan fingerprint density at radius 2 is 1.36 bits per heavy atom. The van der Waals surface area contributed by atoms with Crippen LogP contribution in [0.1, 0.15) is 37.9 Å². The molecule has 0 aliphatic rings. The van der Waals surface area contributed by atoms with Crippen molar-refractivity contribution in [3.05, 3.63) is 41.5 Å². The monoisotopic (exact) mass is 456 g/mol. The Bertz CT molecular complexity index is 1240. The molecule has 0 saturated heterocycles. The molecule has 0 spiro atoms. The summed E-state index contributed by atoms with van der Waals surface area (Å²) in [6.45, 7) is 0.0832. The second-order valence-electron chi connectivity index (χ2n) is 7.23. The minimum Gasteiger partial charge on any atom is -0.397 e. The molecule has 0 aliphatic heterocycles. The van der Waals surface area contributed by atoms with Gasteiger partial charge in [-0.15, -0.1) is 0 Å². The number of rotatable bonds is 8. The first-order valence-corrected chi connectivity index (χ1v) is 9.74. The van der Waals surface area contributed by atoms with Crippen LogP contribution in [0.25, 0.3) is 0 Å². The van der Waals surface area contributed by atoms with E-state index < -0.39 is 23.6 Å². The van der Waals surface area contributed by atoms with E-state index in [1.54, 1.807) is 24.9 Å². The molecule has 0 aliphatic carbocycles. The summed E-state index contributed by atoms with van der Waals surface area (Å²) in [4.78, 5) is 48.1. The molecule has 0 atom stereocenters. The topological polar surface area (TPSA) is 197 Å². The van der Waals surface area contributed by atoms with Crippen LogP contribution in [0.15, 0.2) is 24.4 Å². The third kappa shape index (κ3) is 5.36. The lowest BCUT2D eigenvalue weighted by molar-refractivity contribution is -0.117. The number of anilines is 3. The normalized spacial score (nSPS) is 10.6. The van der Waals surface area contributed by atoms with Crippen LogP contribution < -0.4 is 27.4 Å². The van der Waals surface area contributed by atoms with Crippen LogP contribution in [0.5, 0.6) is 0 Å². The number of carbonyl (C=O) groups excluding carboxylic acids is 4. The van der Waals surface area contributed by atoms with E-state index in [-0.39, 0.29) is 36.0 Å². The molecule has 0 aromatic carbocycles. The van der Waals surface area contributed by atoms with E-state index in [1.165, 1.54) is 34.6 Å². The minimum atomic E-state index is -0.549. The number of carbonyl (C=O) groups is 4. The first-order valence-electron chi connectivity index (χ1n) is 9.74. The number of nitrogens with two attached hydrogens (primary N) is 2. The zero-order chi connectivity index (χ0) is 24.3. The van der Waals surface area contributed by atoms with Crippen molar-refractivity contribution in [2.24, 2.45) is 26.9 Å². The maximum atomic E-state index is 12.7. The van der Waals surface area contributed by atoms with Gasteiger partial charge in [0.25, 0.3) is 17.7 Å². The van der Waals surface area contributed by atoms with Gasteiger partial charge in [0.05, 0.1) is 5.69 Å². The average Bonchev–Trinajstić information content (AvgIpc) is 3.37. The van der Waals surface area contributed by atoms with Crippen molar-refractivity contribution < 1.29 is 19.2 Å². The molecule has 3 rings (SSSR count). The molecule has 33 heavy (non-hydrogen) atoms. The van der Waals surface area contributed by atoms with Gasteiger partial charge in [-0.3, -0.25) is 28.5 Å². The van der Waals surface area contributed by atoms with Gasteiger partial charge in [0.15, 0.2) is 11.6 Å².